The average molecular weight is 383 g/mol. The van der Waals surface area contributed by atoms with E-state index in [4.69, 9.17) is 0 Å². The summed E-state index contributed by atoms with van der Waals surface area (Å²) in [6.45, 7) is 3.93. The van der Waals surface area contributed by atoms with Gasteiger partial charge in [-0.1, -0.05) is 6.08 Å². The maximum absolute atomic E-state index is 10.3. The highest BCUT2D eigenvalue weighted by Gasteiger charge is 2.47. The number of aliphatic hydroxyl groups is 1. The third-order valence-corrected chi connectivity index (χ3v) is 9.46. The summed E-state index contributed by atoms with van der Waals surface area (Å²) >= 11 is 0. The van der Waals surface area contributed by atoms with Crippen molar-refractivity contribution in [3.05, 3.63) is 24.0 Å². The number of allylic oxidation sites excluding steroid dienone is 3. The third-order valence-electron chi connectivity index (χ3n) is 9.46. The van der Waals surface area contributed by atoms with Crippen LogP contribution in [0.1, 0.15) is 57.8 Å². The van der Waals surface area contributed by atoms with Crippen LogP contribution >= 0.6 is 0 Å². The summed E-state index contributed by atoms with van der Waals surface area (Å²) in [4.78, 5) is 2.97. The SMILES string of the molecule is OC1=CC2C3CCN(CC4CC4)C(C[C@@H]2C=C1)C1CC[C@@H](CNC2CCC23)C1. The van der Waals surface area contributed by atoms with Crippen LogP contribution in [-0.4, -0.2) is 41.7 Å². The Hall–Kier alpha value is -0.800. The van der Waals surface area contributed by atoms with Crippen molar-refractivity contribution < 1.29 is 5.11 Å². The lowest BCUT2D eigenvalue weighted by atomic mass is 9.61. The number of nitrogens with one attached hydrogen (secondary N) is 1. The predicted molar refractivity (Wildman–Crippen MR) is 113 cm³/mol. The molecule has 0 aromatic rings. The van der Waals surface area contributed by atoms with E-state index < -0.39 is 0 Å². The summed E-state index contributed by atoms with van der Waals surface area (Å²) < 4.78 is 0. The molecule has 2 N–H and O–H groups in total. The summed E-state index contributed by atoms with van der Waals surface area (Å²) in [5.41, 5.74) is 0. The predicted octanol–water partition coefficient (Wildman–Crippen LogP) is 4.52. The van der Waals surface area contributed by atoms with Gasteiger partial charge in [-0.2, -0.15) is 0 Å². The summed E-state index contributed by atoms with van der Waals surface area (Å²) in [7, 11) is 0. The normalized spacial score (nSPS) is 48.5. The van der Waals surface area contributed by atoms with Crippen LogP contribution in [0, 0.1) is 41.4 Å². The van der Waals surface area contributed by atoms with Crippen molar-refractivity contribution in [2.24, 2.45) is 41.4 Å². The van der Waals surface area contributed by atoms with E-state index in [-0.39, 0.29) is 0 Å². The Labute approximate surface area is 170 Å². The molecule has 3 heterocycles. The lowest BCUT2D eigenvalue weighted by Gasteiger charge is -2.51. The van der Waals surface area contributed by atoms with Crippen molar-refractivity contribution in [3.8, 4) is 0 Å². The molecule has 6 fully saturated rings. The van der Waals surface area contributed by atoms with Crippen LogP contribution < -0.4 is 5.32 Å². The Bertz CT molecular complexity index is 653. The number of aliphatic hydroxyl groups excluding tert-OH is 1. The van der Waals surface area contributed by atoms with Crippen LogP contribution in [0.5, 0.6) is 0 Å². The number of hydrogen-bond acceptors (Lipinski definition) is 3. The molecule has 0 aromatic carbocycles. The van der Waals surface area contributed by atoms with Crippen LogP contribution in [0.15, 0.2) is 24.0 Å². The quantitative estimate of drug-likeness (QED) is 0.737. The van der Waals surface area contributed by atoms with E-state index in [1.54, 1.807) is 0 Å². The molecular formula is C25H38N2O. The average Bonchev–Trinajstić information content (AvgIpc) is 3.35. The lowest BCUT2D eigenvalue weighted by Crippen LogP contribution is -2.54. The molecule has 0 radical (unpaired) electrons. The number of hydrogen-bond donors (Lipinski definition) is 2. The molecule has 0 spiro atoms. The Morgan fingerprint density at radius 3 is 2.75 bits per heavy atom. The number of nitrogens with zero attached hydrogens (tertiary/aromatic N) is 1. The van der Waals surface area contributed by atoms with E-state index in [2.05, 4.69) is 22.4 Å². The van der Waals surface area contributed by atoms with Crippen molar-refractivity contribution in [2.75, 3.05) is 19.6 Å². The minimum Gasteiger partial charge on any atom is -0.508 e. The van der Waals surface area contributed by atoms with Crippen LogP contribution in [0.2, 0.25) is 0 Å². The Kier molecular flexibility index (Phi) is 4.61. The molecule has 4 bridgehead atoms. The molecule has 3 aliphatic heterocycles. The van der Waals surface area contributed by atoms with Gasteiger partial charge >= 0.3 is 0 Å². The second kappa shape index (κ2) is 7.16. The largest absolute Gasteiger partial charge is 0.508 e. The van der Waals surface area contributed by atoms with Gasteiger partial charge in [0.05, 0.1) is 0 Å². The number of rotatable bonds is 2. The van der Waals surface area contributed by atoms with Crippen molar-refractivity contribution in [2.45, 2.75) is 69.9 Å². The molecule has 7 rings (SSSR count). The lowest BCUT2D eigenvalue weighted by molar-refractivity contribution is 0.0217. The van der Waals surface area contributed by atoms with Gasteiger partial charge in [-0.3, -0.25) is 4.90 Å². The molecule has 3 heteroatoms. The second-order valence-corrected chi connectivity index (χ2v) is 11.1. The molecule has 3 nitrogen and oxygen atoms in total. The highest BCUT2D eigenvalue weighted by Crippen LogP contribution is 2.49. The Morgan fingerprint density at radius 2 is 1.93 bits per heavy atom. The summed E-state index contributed by atoms with van der Waals surface area (Å²) in [5.74, 6) is 6.07. The van der Waals surface area contributed by atoms with Crippen LogP contribution in [0.3, 0.4) is 0 Å². The first-order chi connectivity index (χ1) is 13.7. The summed E-state index contributed by atoms with van der Waals surface area (Å²) in [5, 5.41) is 14.3. The molecule has 3 saturated carbocycles. The number of fused-ring (bicyclic) bond motifs is 3. The Balaban J connectivity index is 1.37. The highest BCUT2D eigenvalue weighted by atomic mass is 16.3. The van der Waals surface area contributed by atoms with E-state index in [9.17, 15) is 5.11 Å². The molecule has 28 heavy (non-hydrogen) atoms. The van der Waals surface area contributed by atoms with E-state index in [1.165, 1.54) is 77.4 Å². The van der Waals surface area contributed by atoms with E-state index in [0.717, 1.165) is 41.7 Å². The zero-order chi connectivity index (χ0) is 18.7. The van der Waals surface area contributed by atoms with Crippen LogP contribution in [0.4, 0.5) is 0 Å². The van der Waals surface area contributed by atoms with Crippen molar-refractivity contribution in [1.29, 1.82) is 0 Å². The highest BCUT2D eigenvalue weighted by molar-refractivity contribution is 5.22. The van der Waals surface area contributed by atoms with Gasteiger partial charge < -0.3 is 10.4 Å². The summed E-state index contributed by atoms with van der Waals surface area (Å²) in [6.07, 6.45) is 19.3. The first kappa shape index (κ1) is 18.0. The smallest absolute Gasteiger partial charge is 0.111 e. The van der Waals surface area contributed by atoms with E-state index in [0.29, 0.717) is 17.6 Å². The van der Waals surface area contributed by atoms with Crippen LogP contribution in [-0.2, 0) is 0 Å². The first-order valence-corrected chi connectivity index (χ1v) is 12.3. The van der Waals surface area contributed by atoms with Gasteiger partial charge in [0.15, 0.2) is 0 Å². The maximum Gasteiger partial charge on any atom is 0.111 e. The molecule has 8 atom stereocenters. The third kappa shape index (κ3) is 3.27. The fourth-order valence-electron chi connectivity index (χ4n) is 7.61. The van der Waals surface area contributed by atoms with Crippen molar-refractivity contribution in [1.82, 2.24) is 10.2 Å². The topological polar surface area (TPSA) is 35.5 Å². The standard InChI is InChI=1S/C25H38N2O/c28-20-6-5-18-12-25-19-4-3-17(11-19)14-26-24-8-7-22(24)21(23(18)13-20)9-10-27(25)15-16-1-2-16/h5-6,13,16-19,21-26,28H,1-4,7-12,14-15H2/t17-,18+,19?,21?,22?,23?,24?,25?/m1/s1. The Morgan fingerprint density at radius 1 is 1.00 bits per heavy atom. The molecule has 7 aliphatic rings. The molecule has 0 amide bonds. The zero-order valence-corrected chi connectivity index (χ0v) is 17.3. The van der Waals surface area contributed by atoms with E-state index in [1.807, 2.05) is 6.08 Å². The molecule has 3 saturated heterocycles. The zero-order valence-electron chi connectivity index (χ0n) is 17.3. The minimum atomic E-state index is 0.523. The van der Waals surface area contributed by atoms with Gasteiger partial charge in [0.2, 0.25) is 0 Å². The fourth-order valence-corrected chi connectivity index (χ4v) is 7.61. The van der Waals surface area contributed by atoms with Gasteiger partial charge in [-0.25, -0.2) is 0 Å². The molecule has 6 unspecified atom stereocenters. The molecule has 4 aliphatic carbocycles. The van der Waals surface area contributed by atoms with Crippen LogP contribution in [0.25, 0.3) is 0 Å². The van der Waals surface area contributed by atoms with Gasteiger partial charge in [0.1, 0.15) is 5.76 Å². The fraction of sp³-hybridized carbons (Fsp3) is 0.840. The summed E-state index contributed by atoms with van der Waals surface area (Å²) in [6, 6.07) is 1.51. The van der Waals surface area contributed by atoms with Crippen molar-refractivity contribution >= 4 is 0 Å². The van der Waals surface area contributed by atoms with Crippen molar-refractivity contribution in [3.63, 3.8) is 0 Å². The maximum atomic E-state index is 10.3. The molecule has 0 aromatic heterocycles. The minimum absolute atomic E-state index is 0.523. The van der Waals surface area contributed by atoms with Gasteiger partial charge in [0, 0.05) is 18.6 Å². The molecular weight excluding hydrogens is 344 g/mol. The molecule has 154 valence electrons. The second-order valence-electron chi connectivity index (χ2n) is 11.1. The van der Waals surface area contributed by atoms with Gasteiger partial charge in [-0.15, -0.1) is 0 Å². The van der Waals surface area contributed by atoms with Gasteiger partial charge in [-0.05, 0) is 124 Å². The van der Waals surface area contributed by atoms with E-state index >= 15 is 0 Å². The van der Waals surface area contributed by atoms with Gasteiger partial charge in [0.25, 0.3) is 0 Å². The first-order valence-electron chi connectivity index (χ1n) is 12.3. The monoisotopic (exact) mass is 382 g/mol.